The first-order valence-electron chi connectivity index (χ1n) is 7.03. The topological polar surface area (TPSA) is 26.0 Å². The number of hydrogen-bond acceptors (Lipinski definition) is 1. The van der Waals surface area contributed by atoms with Gasteiger partial charge in [-0.25, -0.2) is 0 Å². The Balaban J connectivity index is 2.22. The van der Waals surface area contributed by atoms with Gasteiger partial charge in [-0.2, -0.15) is 0 Å². The van der Waals surface area contributed by atoms with Crippen molar-refractivity contribution in [3.8, 4) is 0 Å². The lowest BCUT2D eigenvalue weighted by Crippen LogP contribution is -2.12. The molecule has 0 aliphatic carbocycles. The molecule has 2 aromatic rings. The number of aryl methyl sites for hydroxylation is 3. The number of nitrogens with two attached hydrogens (primary N) is 1. The van der Waals surface area contributed by atoms with Gasteiger partial charge in [0.2, 0.25) is 0 Å². The van der Waals surface area contributed by atoms with Crippen LogP contribution in [0.25, 0.3) is 0 Å². The average molecular weight is 253 g/mol. The average Bonchev–Trinajstić information content (AvgIpc) is 2.42. The fraction of sp³-hybridized carbons (Fsp3) is 0.333. The summed E-state index contributed by atoms with van der Waals surface area (Å²) in [5.74, 6) is 0. The summed E-state index contributed by atoms with van der Waals surface area (Å²) in [5, 5.41) is 0. The second-order valence-electron chi connectivity index (χ2n) is 5.31. The van der Waals surface area contributed by atoms with Crippen molar-refractivity contribution in [2.24, 2.45) is 5.73 Å². The Morgan fingerprint density at radius 3 is 2.11 bits per heavy atom. The maximum absolute atomic E-state index is 6.36. The molecular formula is C18H23N. The number of hydrogen-bond donors (Lipinski definition) is 1. The van der Waals surface area contributed by atoms with E-state index in [1.54, 1.807) is 0 Å². The molecule has 0 fully saturated rings. The normalized spacial score (nSPS) is 12.4. The first kappa shape index (κ1) is 13.8. The predicted molar refractivity (Wildman–Crippen MR) is 82.4 cm³/mol. The smallest absolute Gasteiger partial charge is 0.0551 e. The molecule has 0 saturated carbocycles. The summed E-state index contributed by atoms with van der Waals surface area (Å²) >= 11 is 0. The standard InChI is InChI=1S/C18H23N/c1-4-5-15-7-10-16(11-8-15)18(19)17-9-6-13(2)14(3)12-17/h6-12,18H,4-5,19H2,1-3H3. The zero-order chi connectivity index (χ0) is 13.8. The van der Waals surface area contributed by atoms with Crippen LogP contribution in [0.1, 0.15) is 47.2 Å². The van der Waals surface area contributed by atoms with Gasteiger partial charge >= 0.3 is 0 Å². The highest BCUT2D eigenvalue weighted by atomic mass is 14.6. The van der Waals surface area contributed by atoms with E-state index in [-0.39, 0.29) is 6.04 Å². The lowest BCUT2D eigenvalue weighted by atomic mass is 9.95. The Labute approximate surface area is 116 Å². The lowest BCUT2D eigenvalue weighted by molar-refractivity contribution is 0.863. The van der Waals surface area contributed by atoms with Gasteiger partial charge in [-0.1, -0.05) is 55.8 Å². The molecule has 0 saturated heterocycles. The summed E-state index contributed by atoms with van der Waals surface area (Å²) in [7, 11) is 0. The highest BCUT2D eigenvalue weighted by Gasteiger charge is 2.09. The molecule has 2 aromatic carbocycles. The third-order valence-electron chi connectivity index (χ3n) is 3.77. The van der Waals surface area contributed by atoms with Crippen molar-refractivity contribution in [3.63, 3.8) is 0 Å². The number of rotatable bonds is 4. The third kappa shape index (κ3) is 3.24. The van der Waals surface area contributed by atoms with Crippen molar-refractivity contribution >= 4 is 0 Å². The van der Waals surface area contributed by atoms with Gasteiger partial charge in [0.1, 0.15) is 0 Å². The third-order valence-corrected chi connectivity index (χ3v) is 3.77. The maximum atomic E-state index is 6.36. The van der Waals surface area contributed by atoms with Crippen LogP contribution in [-0.2, 0) is 6.42 Å². The molecule has 0 aromatic heterocycles. The molecule has 1 atom stereocenters. The molecule has 0 spiro atoms. The highest BCUT2D eigenvalue weighted by Crippen LogP contribution is 2.22. The second kappa shape index (κ2) is 6.03. The summed E-state index contributed by atoms with van der Waals surface area (Å²) in [6.07, 6.45) is 2.32. The summed E-state index contributed by atoms with van der Waals surface area (Å²) in [5.41, 5.74) is 12.7. The Hall–Kier alpha value is -1.60. The van der Waals surface area contributed by atoms with E-state index in [0.29, 0.717) is 0 Å². The molecule has 0 aliphatic heterocycles. The largest absolute Gasteiger partial charge is 0.320 e. The molecule has 2 N–H and O–H groups in total. The minimum atomic E-state index is -0.0324. The van der Waals surface area contributed by atoms with Crippen LogP contribution >= 0.6 is 0 Å². The fourth-order valence-electron chi connectivity index (χ4n) is 2.33. The van der Waals surface area contributed by atoms with Gasteiger partial charge in [0, 0.05) is 0 Å². The summed E-state index contributed by atoms with van der Waals surface area (Å²) in [4.78, 5) is 0. The molecule has 0 amide bonds. The monoisotopic (exact) mass is 253 g/mol. The zero-order valence-electron chi connectivity index (χ0n) is 12.1. The van der Waals surface area contributed by atoms with E-state index in [1.165, 1.54) is 34.2 Å². The van der Waals surface area contributed by atoms with Gasteiger partial charge in [-0.05, 0) is 48.1 Å². The van der Waals surface area contributed by atoms with Crippen LogP contribution in [0.4, 0.5) is 0 Å². The Morgan fingerprint density at radius 1 is 0.895 bits per heavy atom. The lowest BCUT2D eigenvalue weighted by Gasteiger charge is -2.14. The van der Waals surface area contributed by atoms with Crippen molar-refractivity contribution < 1.29 is 0 Å². The summed E-state index contributed by atoms with van der Waals surface area (Å²) in [6, 6.07) is 15.1. The Morgan fingerprint density at radius 2 is 1.53 bits per heavy atom. The Kier molecular flexibility index (Phi) is 4.39. The van der Waals surface area contributed by atoms with Crippen molar-refractivity contribution in [1.82, 2.24) is 0 Å². The van der Waals surface area contributed by atoms with Crippen LogP contribution in [0.2, 0.25) is 0 Å². The first-order chi connectivity index (χ1) is 9.11. The van der Waals surface area contributed by atoms with E-state index in [2.05, 4.69) is 63.2 Å². The quantitative estimate of drug-likeness (QED) is 0.863. The zero-order valence-corrected chi connectivity index (χ0v) is 12.1. The van der Waals surface area contributed by atoms with E-state index in [0.717, 1.165) is 6.42 Å². The van der Waals surface area contributed by atoms with E-state index < -0.39 is 0 Å². The minimum Gasteiger partial charge on any atom is -0.320 e. The second-order valence-corrected chi connectivity index (χ2v) is 5.31. The SMILES string of the molecule is CCCc1ccc(C(N)c2ccc(C)c(C)c2)cc1. The molecule has 19 heavy (non-hydrogen) atoms. The van der Waals surface area contributed by atoms with Gasteiger partial charge in [0.05, 0.1) is 6.04 Å². The van der Waals surface area contributed by atoms with Crippen molar-refractivity contribution in [2.45, 2.75) is 39.7 Å². The van der Waals surface area contributed by atoms with Crippen LogP contribution in [0, 0.1) is 13.8 Å². The van der Waals surface area contributed by atoms with Crippen LogP contribution < -0.4 is 5.73 Å². The molecule has 1 heteroatoms. The van der Waals surface area contributed by atoms with Gasteiger partial charge in [0.15, 0.2) is 0 Å². The predicted octanol–water partition coefficient (Wildman–Crippen LogP) is 4.30. The molecular weight excluding hydrogens is 230 g/mol. The molecule has 100 valence electrons. The maximum Gasteiger partial charge on any atom is 0.0551 e. The van der Waals surface area contributed by atoms with Crippen molar-refractivity contribution in [2.75, 3.05) is 0 Å². The van der Waals surface area contributed by atoms with Gasteiger partial charge in [0.25, 0.3) is 0 Å². The van der Waals surface area contributed by atoms with Gasteiger partial charge in [-0.3, -0.25) is 0 Å². The van der Waals surface area contributed by atoms with E-state index in [9.17, 15) is 0 Å². The Bertz CT molecular complexity index is 540. The molecule has 1 unspecified atom stereocenters. The van der Waals surface area contributed by atoms with E-state index in [1.807, 2.05) is 0 Å². The molecule has 2 rings (SSSR count). The fourth-order valence-corrected chi connectivity index (χ4v) is 2.33. The van der Waals surface area contributed by atoms with Crippen LogP contribution in [0.3, 0.4) is 0 Å². The molecule has 0 aliphatic rings. The first-order valence-corrected chi connectivity index (χ1v) is 7.03. The number of benzene rings is 2. The minimum absolute atomic E-state index is 0.0324. The molecule has 0 heterocycles. The van der Waals surface area contributed by atoms with E-state index in [4.69, 9.17) is 5.73 Å². The van der Waals surface area contributed by atoms with Gasteiger partial charge < -0.3 is 5.73 Å². The van der Waals surface area contributed by atoms with Gasteiger partial charge in [-0.15, -0.1) is 0 Å². The van der Waals surface area contributed by atoms with Crippen LogP contribution in [-0.4, -0.2) is 0 Å². The molecule has 0 radical (unpaired) electrons. The van der Waals surface area contributed by atoms with Crippen LogP contribution in [0.5, 0.6) is 0 Å². The van der Waals surface area contributed by atoms with Crippen molar-refractivity contribution in [1.29, 1.82) is 0 Å². The summed E-state index contributed by atoms with van der Waals surface area (Å²) < 4.78 is 0. The van der Waals surface area contributed by atoms with Crippen LogP contribution in [0.15, 0.2) is 42.5 Å². The van der Waals surface area contributed by atoms with E-state index >= 15 is 0 Å². The summed E-state index contributed by atoms with van der Waals surface area (Å²) in [6.45, 7) is 6.47. The highest BCUT2D eigenvalue weighted by molar-refractivity contribution is 5.37. The van der Waals surface area contributed by atoms with Crippen molar-refractivity contribution in [3.05, 3.63) is 70.3 Å². The molecule has 0 bridgehead atoms. The molecule has 1 nitrogen and oxygen atoms in total.